The zero-order valence-electron chi connectivity index (χ0n) is 16.0. The lowest BCUT2D eigenvalue weighted by molar-refractivity contribution is -0.386. The van der Waals surface area contributed by atoms with Gasteiger partial charge < -0.3 is 10.1 Å². The molecule has 144 valence electrons. The molecule has 1 amide bonds. The third-order valence-corrected chi connectivity index (χ3v) is 4.11. The Morgan fingerprint density at radius 1 is 1.19 bits per heavy atom. The summed E-state index contributed by atoms with van der Waals surface area (Å²) >= 11 is 0. The Bertz CT molecular complexity index is 894. The number of hydrogen-bond acceptors (Lipinski definition) is 6. The fourth-order valence-corrected chi connectivity index (χ4v) is 2.97. The molecule has 0 atom stereocenters. The van der Waals surface area contributed by atoms with Crippen molar-refractivity contribution in [2.24, 2.45) is 0 Å². The van der Waals surface area contributed by atoms with E-state index >= 15 is 0 Å². The first-order valence-corrected chi connectivity index (χ1v) is 8.32. The van der Waals surface area contributed by atoms with E-state index in [4.69, 9.17) is 4.74 Å². The van der Waals surface area contributed by atoms with Gasteiger partial charge in [-0.25, -0.2) is 0 Å². The second-order valence-electron chi connectivity index (χ2n) is 6.42. The van der Waals surface area contributed by atoms with Gasteiger partial charge in [0, 0.05) is 5.69 Å². The van der Waals surface area contributed by atoms with E-state index < -0.39 is 23.4 Å². The molecular weight excluding hydrogens is 352 g/mol. The Hall–Kier alpha value is -3.23. The molecule has 0 aliphatic carbocycles. The highest BCUT2D eigenvalue weighted by Gasteiger charge is 2.23. The molecular formula is C18H22N4O5. The third kappa shape index (κ3) is 4.69. The van der Waals surface area contributed by atoms with Gasteiger partial charge in [-0.15, -0.1) is 0 Å². The van der Waals surface area contributed by atoms with Crippen molar-refractivity contribution in [1.82, 2.24) is 9.78 Å². The molecule has 1 N–H and O–H groups in total. The monoisotopic (exact) mass is 374 g/mol. The van der Waals surface area contributed by atoms with E-state index in [1.165, 1.54) is 18.5 Å². The third-order valence-electron chi connectivity index (χ3n) is 4.11. The quantitative estimate of drug-likeness (QED) is 0.472. The number of hydrogen-bond donors (Lipinski definition) is 1. The second kappa shape index (κ2) is 7.98. The number of carbonyl (C=O) groups is 2. The smallest absolute Gasteiger partial charge is 0.328 e. The van der Waals surface area contributed by atoms with Crippen molar-refractivity contribution >= 4 is 23.3 Å². The number of esters is 1. The fraction of sp³-hybridized carbons (Fsp3) is 0.389. The zero-order valence-corrected chi connectivity index (χ0v) is 16.0. The van der Waals surface area contributed by atoms with E-state index in [2.05, 4.69) is 10.4 Å². The Balaban J connectivity index is 1.95. The predicted octanol–water partition coefficient (Wildman–Crippen LogP) is 2.52. The van der Waals surface area contributed by atoms with Crippen LogP contribution in [0.4, 0.5) is 11.4 Å². The predicted molar refractivity (Wildman–Crippen MR) is 98.6 cm³/mol. The Labute approximate surface area is 156 Å². The number of nitrogens with one attached hydrogen (secondary N) is 1. The van der Waals surface area contributed by atoms with Crippen LogP contribution in [-0.2, 0) is 20.9 Å². The van der Waals surface area contributed by atoms with Crippen molar-refractivity contribution in [2.45, 2.75) is 41.2 Å². The van der Waals surface area contributed by atoms with Crippen LogP contribution in [0.5, 0.6) is 0 Å². The van der Waals surface area contributed by atoms with Crippen LogP contribution in [0.3, 0.4) is 0 Å². The van der Waals surface area contributed by atoms with Crippen LogP contribution in [0.2, 0.25) is 0 Å². The molecule has 0 aliphatic rings. The molecule has 1 aromatic heterocycles. The van der Waals surface area contributed by atoms with Crippen LogP contribution in [0.25, 0.3) is 0 Å². The van der Waals surface area contributed by atoms with E-state index in [9.17, 15) is 19.7 Å². The Morgan fingerprint density at radius 3 is 2.30 bits per heavy atom. The molecule has 0 radical (unpaired) electrons. The van der Waals surface area contributed by atoms with Crippen molar-refractivity contribution < 1.29 is 19.2 Å². The molecule has 1 heterocycles. The molecule has 9 nitrogen and oxygen atoms in total. The number of rotatable bonds is 6. The van der Waals surface area contributed by atoms with Gasteiger partial charge in [0.15, 0.2) is 6.61 Å². The summed E-state index contributed by atoms with van der Waals surface area (Å²) in [7, 11) is 0. The Kier molecular flexibility index (Phi) is 5.94. The van der Waals surface area contributed by atoms with Crippen LogP contribution in [0.15, 0.2) is 12.1 Å². The highest BCUT2D eigenvalue weighted by molar-refractivity contribution is 5.94. The first-order valence-electron chi connectivity index (χ1n) is 8.32. The number of nitrogens with zero attached hydrogens (tertiary/aromatic N) is 3. The number of ether oxygens (including phenoxy) is 1. The summed E-state index contributed by atoms with van der Waals surface area (Å²) in [5, 5.41) is 17.7. The molecule has 0 unspecified atom stereocenters. The van der Waals surface area contributed by atoms with Crippen molar-refractivity contribution in [3.05, 3.63) is 50.3 Å². The largest absolute Gasteiger partial charge is 0.454 e. The maximum Gasteiger partial charge on any atom is 0.328 e. The van der Waals surface area contributed by atoms with Gasteiger partial charge in [-0.1, -0.05) is 17.7 Å². The van der Waals surface area contributed by atoms with Crippen molar-refractivity contribution in [3.63, 3.8) is 0 Å². The number of aryl methyl sites for hydroxylation is 4. The maximum atomic E-state index is 12.1. The summed E-state index contributed by atoms with van der Waals surface area (Å²) in [6, 6.07) is 3.90. The first-order chi connectivity index (χ1) is 12.6. The van der Waals surface area contributed by atoms with E-state index in [0.717, 1.165) is 16.7 Å². The summed E-state index contributed by atoms with van der Waals surface area (Å²) in [5.74, 6) is -1.17. The lowest BCUT2D eigenvalue weighted by Crippen LogP contribution is -2.24. The number of nitro groups is 1. The molecule has 0 aliphatic heterocycles. The number of anilines is 1. The molecule has 0 spiro atoms. The van der Waals surface area contributed by atoms with E-state index in [1.54, 1.807) is 0 Å². The maximum absolute atomic E-state index is 12.1. The average molecular weight is 374 g/mol. The normalized spacial score (nSPS) is 10.6. The summed E-state index contributed by atoms with van der Waals surface area (Å²) in [4.78, 5) is 34.5. The van der Waals surface area contributed by atoms with E-state index in [0.29, 0.717) is 5.69 Å². The molecule has 2 aromatic rings. The van der Waals surface area contributed by atoms with Crippen LogP contribution in [0.1, 0.15) is 28.1 Å². The average Bonchev–Trinajstić information content (AvgIpc) is 2.82. The van der Waals surface area contributed by atoms with Crippen LogP contribution < -0.4 is 5.32 Å². The molecule has 27 heavy (non-hydrogen) atoms. The van der Waals surface area contributed by atoms with E-state index in [1.807, 2.05) is 32.9 Å². The molecule has 2 rings (SSSR count). The number of amides is 1. The lowest BCUT2D eigenvalue weighted by atomic mass is 10.1. The topological polar surface area (TPSA) is 116 Å². The van der Waals surface area contributed by atoms with Gasteiger partial charge in [-0.3, -0.25) is 24.4 Å². The molecule has 9 heteroatoms. The van der Waals surface area contributed by atoms with E-state index in [-0.39, 0.29) is 23.6 Å². The Morgan fingerprint density at radius 2 is 1.78 bits per heavy atom. The van der Waals surface area contributed by atoms with Gasteiger partial charge in [0.25, 0.3) is 5.91 Å². The zero-order chi connectivity index (χ0) is 20.3. The summed E-state index contributed by atoms with van der Waals surface area (Å²) in [6.45, 7) is 7.97. The minimum atomic E-state index is -0.706. The molecule has 1 aromatic carbocycles. The summed E-state index contributed by atoms with van der Waals surface area (Å²) in [5.41, 5.74) is 3.96. The van der Waals surface area contributed by atoms with Crippen molar-refractivity contribution in [3.8, 4) is 0 Å². The van der Waals surface area contributed by atoms with Crippen LogP contribution >= 0.6 is 0 Å². The number of benzene rings is 1. The van der Waals surface area contributed by atoms with Gasteiger partial charge >= 0.3 is 11.7 Å². The first kappa shape index (κ1) is 20.1. The van der Waals surface area contributed by atoms with Gasteiger partial charge in [0.1, 0.15) is 17.9 Å². The highest BCUT2D eigenvalue weighted by Crippen LogP contribution is 2.22. The molecule has 0 saturated carbocycles. The van der Waals surface area contributed by atoms with Gasteiger partial charge in [0.05, 0.1) is 4.92 Å². The molecule has 0 fully saturated rings. The van der Waals surface area contributed by atoms with Gasteiger partial charge in [0.2, 0.25) is 0 Å². The van der Waals surface area contributed by atoms with Crippen molar-refractivity contribution in [1.29, 1.82) is 0 Å². The number of aromatic nitrogens is 2. The summed E-state index contributed by atoms with van der Waals surface area (Å²) in [6.07, 6.45) is 0. The number of carbonyl (C=O) groups excluding carboxylic acids is 2. The fourth-order valence-electron chi connectivity index (χ4n) is 2.97. The SMILES string of the molecule is Cc1cc(C)c(NC(=O)COC(=O)Cn2nc(C)c([N+](=O)[O-])c2C)c(C)c1. The molecule has 0 saturated heterocycles. The van der Waals surface area contributed by atoms with Crippen molar-refractivity contribution in [2.75, 3.05) is 11.9 Å². The molecule has 0 bridgehead atoms. The minimum absolute atomic E-state index is 0.133. The summed E-state index contributed by atoms with van der Waals surface area (Å²) < 4.78 is 6.16. The van der Waals surface area contributed by atoms with Crippen LogP contribution in [-0.4, -0.2) is 33.2 Å². The van der Waals surface area contributed by atoms with Gasteiger partial charge in [-0.2, -0.15) is 5.10 Å². The standard InChI is InChI=1S/C18H22N4O5/c1-10-6-11(2)17(12(3)7-10)19-15(23)9-27-16(24)8-21-14(5)18(22(25)26)13(4)20-21/h6-7H,8-9H2,1-5H3,(H,19,23). The van der Waals surface area contributed by atoms with Gasteiger partial charge in [-0.05, 0) is 45.7 Å². The minimum Gasteiger partial charge on any atom is -0.454 e. The van der Waals surface area contributed by atoms with Crippen LogP contribution in [0, 0.1) is 44.7 Å². The second-order valence-corrected chi connectivity index (χ2v) is 6.42. The lowest BCUT2D eigenvalue weighted by Gasteiger charge is -2.13. The highest BCUT2D eigenvalue weighted by atomic mass is 16.6.